The van der Waals surface area contributed by atoms with Crippen LogP contribution in [0, 0.1) is 12.7 Å². The van der Waals surface area contributed by atoms with Crippen molar-refractivity contribution < 1.29 is 19.1 Å². The summed E-state index contributed by atoms with van der Waals surface area (Å²) < 4.78 is 13.2. The predicted molar refractivity (Wildman–Crippen MR) is 65.0 cm³/mol. The molecule has 2 amide bonds. The SMILES string of the molecule is Cc1ccc(NC(=O)N(C)CCC(=O)O)cc1F. The number of carboxylic acids is 1. The molecule has 2 N–H and O–H groups in total. The summed E-state index contributed by atoms with van der Waals surface area (Å²) in [5.74, 6) is -1.38. The molecule has 0 aliphatic carbocycles. The van der Waals surface area contributed by atoms with Gasteiger partial charge in [-0.1, -0.05) is 6.07 Å². The first kappa shape index (κ1) is 14.0. The summed E-state index contributed by atoms with van der Waals surface area (Å²) in [6.45, 7) is 1.72. The third-order valence-electron chi connectivity index (χ3n) is 2.43. The lowest BCUT2D eigenvalue weighted by atomic mass is 10.2. The Morgan fingerprint density at radius 3 is 2.67 bits per heavy atom. The van der Waals surface area contributed by atoms with Crippen molar-refractivity contribution >= 4 is 17.7 Å². The Bertz CT molecular complexity index is 463. The molecular formula is C12H15FN2O3. The van der Waals surface area contributed by atoms with Gasteiger partial charge >= 0.3 is 12.0 Å². The number of carbonyl (C=O) groups is 2. The average molecular weight is 254 g/mol. The summed E-state index contributed by atoms with van der Waals surface area (Å²) in [6.07, 6.45) is -0.133. The van der Waals surface area contributed by atoms with Crippen LogP contribution in [0.4, 0.5) is 14.9 Å². The highest BCUT2D eigenvalue weighted by Crippen LogP contribution is 2.13. The molecule has 0 aliphatic heterocycles. The number of anilines is 1. The van der Waals surface area contributed by atoms with Crippen molar-refractivity contribution in [2.45, 2.75) is 13.3 Å². The lowest BCUT2D eigenvalue weighted by Crippen LogP contribution is -2.33. The second kappa shape index (κ2) is 6.00. The number of nitrogens with zero attached hydrogens (tertiary/aromatic N) is 1. The van der Waals surface area contributed by atoms with Gasteiger partial charge in [0.15, 0.2) is 0 Å². The summed E-state index contributed by atoms with van der Waals surface area (Å²) >= 11 is 0. The number of aryl methyl sites for hydroxylation is 1. The summed E-state index contributed by atoms with van der Waals surface area (Å²) in [5, 5.41) is 11.0. The molecule has 0 heterocycles. The summed E-state index contributed by atoms with van der Waals surface area (Å²) in [5.41, 5.74) is 0.831. The van der Waals surface area contributed by atoms with Gasteiger partial charge in [0.25, 0.3) is 0 Å². The molecular weight excluding hydrogens is 239 g/mol. The maximum atomic E-state index is 13.2. The van der Waals surface area contributed by atoms with Gasteiger partial charge in [0.1, 0.15) is 5.82 Å². The highest BCUT2D eigenvalue weighted by atomic mass is 19.1. The molecule has 0 radical (unpaired) electrons. The Morgan fingerprint density at radius 2 is 2.11 bits per heavy atom. The van der Waals surface area contributed by atoms with Crippen LogP contribution in [0.3, 0.4) is 0 Å². The number of nitrogens with one attached hydrogen (secondary N) is 1. The third kappa shape index (κ3) is 4.04. The molecule has 5 nitrogen and oxygen atoms in total. The van der Waals surface area contributed by atoms with Crippen molar-refractivity contribution in [3.63, 3.8) is 0 Å². The zero-order valence-corrected chi connectivity index (χ0v) is 10.2. The van der Waals surface area contributed by atoms with Gasteiger partial charge < -0.3 is 15.3 Å². The van der Waals surface area contributed by atoms with E-state index in [1.807, 2.05) is 0 Å². The molecule has 0 saturated carbocycles. The van der Waals surface area contributed by atoms with Crippen molar-refractivity contribution in [1.29, 1.82) is 0 Å². The molecule has 0 aliphatic rings. The van der Waals surface area contributed by atoms with E-state index in [0.29, 0.717) is 11.3 Å². The van der Waals surface area contributed by atoms with E-state index in [-0.39, 0.29) is 13.0 Å². The van der Waals surface area contributed by atoms with Crippen LogP contribution < -0.4 is 5.32 Å². The number of halogens is 1. The minimum atomic E-state index is -0.976. The standard InChI is InChI=1S/C12H15FN2O3/c1-8-3-4-9(7-10(8)13)14-12(18)15(2)6-5-11(16)17/h3-4,7H,5-6H2,1-2H3,(H,14,18)(H,16,17). The number of rotatable bonds is 4. The highest BCUT2D eigenvalue weighted by molar-refractivity contribution is 5.89. The van der Waals surface area contributed by atoms with E-state index in [1.54, 1.807) is 19.1 Å². The molecule has 0 bridgehead atoms. The lowest BCUT2D eigenvalue weighted by molar-refractivity contribution is -0.137. The molecule has 0 aromatic heterocycles. The number of benzene rings is 1. The molecule has 6 heteroatoms. The Kier molecular flexibility index (Phi) is 4.65. The smallest absolute Gasteiger partial charge is 0.321 e. The van der Waals surface area contributed by atoms with E-state index >= 15 is 0 Å². The highest BCUT2D eigenvalue weighted by Gasteiger charge is 2.10. The second-order valence-electron chi connectivity index (χ2n) is 3.96. The van der Waals surface area contributed by atoms with Gasteiger partial charge in [-0.2, -0.15) is 0 Å². The van der Waals surface area contributed by atoms with E-state index in [1.165, 1.54) is 18.0 Å². The first-order valence-electron chi connectivity index (χ1n) is 5.40. The van der Waals surface area contributed by atoms with Crippen LogP contribution in [0.25, 0.3) is 0 Å². The zero-order chi connectivity index (χ0) is 13.7. The Hall–Kier alpha value is -2.11. The normalized spacial score (nSPS) is 9.94. The van der Waals surface area contributed by atoms with Crippen molar-refractivity contribution in [2.24, 2.45) is 0 Å². The molecule has 0 saturated heterocycles. The van der Waals surface area contributed by atoms with Crippen LogP contribution in [-0.2, 0) is 4.79 Å². The molecule has 1 aromatic rings. The Balaban J connectivity index is 2.58. The molecule has 98 valence electrons. The number of carboxylic acid groups (broad SMARTS) is 1. The quantitative estimate of drug-likeness (QED) is 0.864. The second-order valence-corrected chi connectivity index (χ2v) is 3.96. The van der Waals surface area contributed by atoms with Crippen molar-refractivity contribution in [2.75, 3.05) is 18.9 Å². The molecule has 0 atom stereocenters. The van der Waals surface area contributed by atoms with E-state index in [9.17, 15) is 14.0 Å². The maximum absolute atomic E-state index is 13.2. The van der Waals surface area contributed by atoms with Crippen LogP contribution in [0.5, 0.6) is 0 Å². The fourth-order valence-electron chi connectivity index (χ4n) is 1.25. The molecule has 18 heavy (non-hydrogen) atoms. The summed E-state index contributed by atoms with van der Waals surface area (Å²) in [6, 6.07) is 3.89. The molecule has 0 unspecified atom stereocenters. The van der Waals surface area contributed by atoms with E-state index < -0.39 is 17.8 Å². The number of amides is 2. The molecule has 1 rings (SSSR count). The van der Waals surface area contributed by atoms with Crippen LogP contribution in [0.1, 0.15) is 12.0 Å². The van der Waals surface area contributed by atoms with Gasteiger partial charge in [0, 0.05) is 19.3 Å². The van der Waals surface area contributed by atoms with Crippen LogP contribution >= 0.6 is 0 Å². The van der Waals surface area contributed by atoms with Crippen molar-refractivity contribution in [3.8, 4) is 0 Å². The summed E-state index contributed by atoms with van der Waals surface area (Å²) in [4.78, 5) is 23.2. The number of hydrogen-bond donors (Lipinski definition) is 2. The van der Waals surface area contributed by atoms with Crippen LogP contribution in [-0.4, -0.2) is 35.6 Å². The molecule has 0 fully saturated rings. The van der Waals surface area contributed by atoms with E-state index in [4.69, 9.17) is 5.11 Å². The zero-order valence-electron chi connectivity index (χ0n) is 10.2. The summed E-state index contributed by atoms with van der Waals surface area (Å²) in [7, 11) is 1.48. The number of urea groups is 1. The third-order valence-corrected chi connectivity index (χ3v) is 2.43. The van der Waals surface area contributed by atoms with Crippen molar-refractivity contribution in [3.05, 3.63) is 29.6 Å². The van der Waals surface area contributed by atoms with Gasteiger partial charge in [-0.15, -0.1) is 0 Å². The van der Waals surface area contributed by atoms with Gasteiger partial charge in [0.2, 0.25) is 0 Å². The van der Waals surface area contributed by atoms with Crippen LogP contribution in [0.15, 0.2) is 18.2 Å². The average Bonchev–Trinajstić information content (AvgIpc) is 2.30. The van der Waals surface area contributed by atoms with Crippen molar-refractivity contribution in [1.82, 2.24) is 4.90 Å². The minimum absolute atomic E-state index is 0.0928. The van der Waals surface area contributed by atoms with Gasteiger partial charge in [-0.3, -0.25) is 4.79 Å². The number of carbonyl (C=O) groups excluding carboxylic acids is 1. The number of aliphatic carboxylic acids is 1. The first-order chi connectivity index (χ1) is 8.40. The van der Waals surface area contributed by atoms with Gasteiger partial charge in [0.05, 0.1) is 6.42 Å². The van der Waals surface area contributed by atoms with Gasteiger partial charge in [-0.05, 0) is 24.6 Å². The van der Waals surface area contributed by atoms with E-state index in [0.717, 1.165) is 0 Å². The van der Waals surface area contributed by atoms with Crippen LogP contribution in [0.2, 0.25) is 0 Å². The lowest BCUT2D eigenvalue weighted by Gasteiger charge is -2.17. The first-order valence-corrected chi connectivity index (χ1v) is 5.40. The topological polar surface area (TPSA) is 69.6 Å². The van der Waals surface area contributed by atoms with E-state index in [2.05, 4.69) is 5.32 Å². The molecule has 0 spiro atoms. The largest absolute Gasteiger partial charge is 0.481 e. The Labute approximate surface area is 104 Å². The molecule has 1 aromatic carbocycles. The van der Waals surface area contributed by atoms with Gasteiger partial charge in [-0.25, -0.2) is 9.18 Å². The minimum Gasteiger partial charge on any atom is -0.481 e. The maximum Gasteiger partial charge on any atom is 0.321 e. The monoisotopic (exact) mass is 254 g/mol. The Morgan fingerprint density at radius 1 is 1.44 bits per heavy atom. The predicted octanol–water partition coefficient (Wildman–Crippen LogP) is 2.07. The fourth-order valence-corrected chi connectivity index (χ4v) is 1.25. The number of hydrogen-bond acceptors (Lipinski definition) is 2. The fraction of sp³-hybridized carbons (Fsp3) is 0.333.